The molecule has 1 aliphatic heterocycles. The molecule has 0 saturated carbocycles. The van der Waals surface area contributed by atoms with Gasteiger partial charge in [0.05, 0.1) is 6.67 Å². The molecule has 1 heterocycles. The van der Waals surface area contributed by atoms with E-state index in [1.807, 2.05) is 6.92 Å². The predicted molar refractivity (Wildman–Crippen MR) is 64.6 cm³/mol. The van der Waals surface area contributed by atoms with E-state index in [1.54, 1.807) is 24.3 Å². The summed E-state index contributed by atoms with van der Waals surface area (Å²) in [6, 6.07) is 6.87. The Hall–Kier alpha value is -1.55. The van der Waals surface area contributed by atoms with Crippen molar-refractivity contribution in [2.24, 2.45) is 0 Å². The monoisotopic (exact) mass is 252 g/mol. The highest BCUT2D eigenvalue weighted by atomic mass is 35.5. The number of rotatable bonds is 2. The minimum atomic E-state index is -1.16. The van der Waals surface area contributed by atoms with Gasteiger partial charge in [-0.15, -0.1) is 0 Å². The summed E-state index contributed by atoms with van der Waals surface area (Å²) >= 11 is 5.92. The third kappa shape index (κ3) is 1.78. The average molecular weight is 253 g/mol. The maximum Gasteiger partial charge on any atom is 0.241 e. The zero-order chi connectivity index (χ0) is 12.5. The van der Waals surface area contributed by atoms with Gasteiger partial charge in [0.1, 0.15) is 0 Å². The SMILES string of the molecule is CCC1(c2cccc(Cl)c2)C(=O)NCNC1=O. The third-order valence-corrected chi connectivity index (χ3v) is 3.36. The van der Waals surface area contributed by atoms with Crippen LogP contribution in [0.25, 0.3) is 0 Å². The molecule has 1 aliphatic rings. The average Bonchev–Trinajstić information content (AvgIpc) is 2.30. The van der Waals surface area contributed by atoms with E-state index < -0.39 is 5.41 Å². The van der Waals surface area contributed by atoms with Gasteiger partial charge in [-0.25, -0.2) is 0 Å². The molecular formula is C12H13ClN2O2. The van der Waals surface area contributed by atoms with Crippen molar-refractivity contribution in [2.75, 3.05) is 6.67 Å². The Balaban J connectivity index is 2.56. The Labute approximate surface area is 104 Å². The summed E-state index contributed by atoms with van der Waals surface area (Å²) < 4.78 is 0. The number of amides is 2. The van der Waals surface area contributed by atoms with E-state index >= 15 is 0 Å². The molecule has 2 N–H and O–H groups in total. The maximum atomic E-state index is 12.1. The van der Waals surface area contributed by atoms with Crippen LogP contribution < -0.4 is 10.6 Å². The number of hydrogen-bond acceptors (Lipinski definition) is 2. The van der Waals surface area contributed by atoms with Crippen molar-refractivity contribution in [3.05, 3.63) is 34.9 Å². The highest BCUT2D eigenvalue weighted by molar-refractivity contribution is 6.30. The van der Waals surface area contributed by atoms with Crippen molar-refractivity contribution in [3.63, 3.8) is 0 Å². The summed E-state index contributed by atoms with van der Waals surface area (Å²) in [5.74, 6) is -0.544. The second kappa shape index (κ2) is 4.37. The second-order valence-corrected chi connectivity index (χ2v) is 4.39. The first-order chi connectivity index (χ1) is 8.11. The van der Waals surface area contributed by atoms with Crippen LogP contribution in [0.1, 0.15) is 18.9 Å². The second-order valence-electron chi connectivity index (χ2n) is 3.96. The maximum absolute atomic E-state index is 12.1. The summed E-state index contributed by atoms with van der Waals surface area (Å²) in [6.07, 6.45) is 0.394. The molecule has 90 valence electrons. The fourth-order valence-corrected chi connectivity index (χ4v) is 2.34. The van der Waals surface area contributed by atoms with Crippen LogP contribution in [0.15, 0.2) is 24.3 Å². The van der Waals surface area contributed by atoms with Crippen molar-refractivity contribution in [3.8, 4) is 0 Å². The van der Waals surface area contributed by atoms with Gasteiger partial charge in [0.25, 0.3) is 0 Å². The molecular weight excluding hydrogens is 240 g/mol. The molecule has 0 spiro atoms. The van der Waals surface area contributed by atoms with Crippen LogP contribution in [0.4, 0.5) is 0 Å². The quantitative estimate of drug-likeness (QED) is 0.777. The number of carbonyl (C=O) groups is 2. The van der Waals surface area contributed by atoms with Gasteiger partial charge in [-0.05, 0) is 24.1 Å². The lowest BCUT2D eigenvalue weighted by Gasteiger charge is -2.34. The molecule has 0 unspecified atom stereocenters. The topological polar surface area (TPSA) is 58.2 Å². The van der Waals surface area contributed by atoms with E-state index in [2.05, 4.69) is 10.6 Å². The molecule has 0 aliphatic carbocycles. The van der Waals surface area contributed by atoms with Crippen LogP contribution in [-0.4, -0.2) is 18.5 Å². The standard InChI is InChI=1S/C12H13ClN2O2/c1-2-12(8-4-3-5-9(13)6-8)10(16)14-7-15-11(12)17/h3-6H,2,7H2,1H3,(H,14,16)(H,15,17). The molecule has 1 aromatic carbocycles. The number of hydrogen-bond donors (Lipinski definition) is 2. The molecule has 0 bridgehead atoms. The fourth-order valence-electron chi connectivity index (χ4n) is 2.15. The van der Waals surface area contributed by atoms with Crippen molar-refractivity contribution in [2.45, 2.75) is 18.8 Å². The van der Waals surface area contributed by atoms with E-state index in [9.17, 15) is 9.59 Å². The van der Waals surface area contributed by atoms with E-state index in [0.29, 0.717) is 17.0 Å². The van der Waals surface area contributed by atoms with Crippen molar-refractivity contribution in [1.82, 2.24) is 10.6 Å². The molecule has 2 amide bonds. The normalized spacial score (nSPS) is 18.5. The third-order valence-electron chi connectivity index (χ3n) is 3.12. The summed E-state index contributed by atoms with van der Waals surface area (Å²) in [5, 5.41) is 5.83. The van der Waals surface area contributed by atoms with E-state index in [-0.39, 0.29) is 18.5 Å². The number of carbonyl (C=O) groups excluding carboxylic acids is 2. The zero-order valence-corrected chi connectivity index (χ0v) is 10.2. The van der Waals surface area contributed by atoms with Crippen molar-refractivity contribution < 1.29 is 9.59 Å². The Morgan fingerprint density at radius 3 is 2.47 bits per heavy atom. The highest BCUT2D eigenvalue weighted by Gasteiger charge is 2.47. The Kier molecular flexibility index (Phi) is 3.07. The molecule has 0 atom stereocenters. The molecule has 2 rings (SSSR count). The Morgan fingerprint density at radius 1 is 1.29 bits per heavy atom. The van der Waals surface area contributed by atoms with Gasteiger partial charge in [0.2, 0.25) is 11.8 Å². The van der Waals surface area contributed by atoms with E-state index in [4.69, 9.17) is 11.6 Å². The number of halogens is 1. The first-order valence-corrected chi connectivity index (χ1v) is 5.81. The minimum Gasteiger partial charge on any atom is -0.337 e. The summed E-state index contributed by atoms with van der Waals surface area (Å²) in [6.45, 7) is 1.99. The van der Waals surface area contributed by atoms with Gasteiger partial charge in [0.15, 0.2) is 5.41 Å². The fraction of sp³-hybridized carbons (Fsp3) is 0.333. The van der Waals surface area contributed by atoms with Crippen LogP contribution in [0.5, 0.6) is 0 Å². The molecule has 4 nitrogen and oxygen atoms in total. The Morgan fingerprint density at radius 2 is 1.94 bits per heavy atom. The largest absolute Gasteiger partial charge is 0.337 e. The molecule has 1 aromatic rings. The summed E-state index contributed by atoms with van der Waals surface area (Å²) in [4.78, 5) is 24.1. The van der Waals surface area contributed by atoms with Gasteiger partial charge in [-0.3, -0.25) is 9.59 Å². The summed E-state index contributed by atoms with van der Waals surface area (Å²) in [5.41, 5.74) is -0.537. The van der Waals surface area contributed by atoms with Gasteiger partial charge >= 0.3 is 0 Å². The molecule has 17 heavy (non-hydrogen) atoms. The van der Waals surface area contributed by atoms with Crippen LogP contribution in [0.3, 0.4) is 0 Å². The molecule has 1 fully saturated rings. The van der Waals surface area contributed by atoms with Crippen LogP contribution in [0, 0.1) is 0 Å². The van der Waals surface area contributed by atoms with Gasteiger partial charge in [0, 0.05) is 5.02 Å². The van der Waals surface area contributed by atoms with Gasteiger partial charge in [-0.2, -0.15) is 0 Å². The molecule has 0 aromatic heterocycles. The molecule has 1 saturated heterocycles. The van der Waals surface area contributed by atoms with Crippen molar-refractivity contribution in [1.29, 1.82) is 0 Å². The Bertz CT molecular complexity index is 457. The lowest BCUT2D eigenvalue weighted by atomic mass is 9.75. The lowest BCUT2D eigenvalue weighted by molar-refractivity contribution is -0.141. The van der Waals surface area contributed by atoms with E-state index in [0.717, 1.165) is 0 Å². The van der Waals surface area contributed by atoms with Crippen LogP contribution in [0.2, 0.25) is 5.02 Å². The van der Waals surface area contributed by atoms with Gasteiger partial charge in [-0.1, -0.05) is 30.7 Å². The van der Waals surface area contributed by atoms with Gasteiger partial charge < -0.3 is 10.6 Å². The van der Waals surface area contributed by atoms with Crippen LogP contribution in [-0.2, 0) is 15.0 Å². The first-order valence-electron chi connectivity index (χ1n) is 5.44. The zero-order valence-electron chi connectivity index (χ0n) is 9.42. The van der Waals surface area contributed by atoms with Crippen LogP contribution >= 0.6 is 11.6 Å². The number of nitrogens with one attached hydrogen (secondary N) is 2. The molecule has 0 radical (unpaired) electrons. The molecule has 5 heteroatoms. The van der Waals surface area contributed by atoms with Crippen molar-refractivity contribution >= 4 is 23.4 Å². The smallest absolute Gasteiger partial charge is 0.241 e. The number of benzene rings is 1. The minimum absolute atomic E-state index is 0.181. The predicted octanol–water partition coefficient (Wildman–Crippen LogP) is 1.19. The lowest BCUT2D eigenvalue weighted by Crippen LogP contribution is -2.62. The first kappa shape index (κ1) is 11.9. The van der Waals surface area contributed by atoms with E-state index in [1.165, 1.54) is 0 Å². The summed E-state index contributed by atoms with van der Waals surface area (Å²) in [7, 11) is 0. The highest BCUT2D eigenvalue weighted by Crippen LogP contribution is 2.31.